The van der Waals surface area contributed by atoms with Crippen LogP contribution in [0, 0.1) is 5.92 Å². The molecule has 3 nitrogen and oxygen atoms in total. The minimum Gasteiger partial charge on any atom is -0.339 e. The molecule has 1 aromatic carbocycles. The number of piperidine rings is 1. The van der Waals surface area contributed by atoms with E-state index in [2.05, 4.69) is 0 Å². The van der Waals surface area contributed by atoms with Gasteiger partial charge in [0.2, 0.25) is 5.91 Å². The van der Waals surface area contributed by atoms with Crippen molar-refractivity contribution >= 4 is 12.0 Å². The molecule has 1 amide bonds. The van der Waals surface area contributed by atoms with Crippen LogP contribution in [-0.4, -0.2) is 30.4 Å². The quantitative estimate of drug-likeness (QED) is 0.825. The van der Waals surface area contributed by atoms with Gasteiger partial charge in [0.15, 0.2) is 0 Å². The molecule has 1 aliphatic rings. The van der Waals surface area contributed by atoms with Crippen LogP contribution >= 0.6 is 0 Å². The molecule has 2 N–H and O–H groups in total. The van der Waals surface area contributed by atoms with Crippen molar-refractivity contribution in [2.75, 3.05) is 19.6 Å². The van der Waals surface area contributed by atoms with Gasteiger partial charge in [-0.05, 0) is 36.9 Å². The molecule has 0 saturated carbocycles. The third kappa shape index (κ3) is 3.44. The zero-order chi connectivity index (χ0) is 12.8. The number of hydrogen-bond acceptors (Lipinski definition) is 2. The van der Waals surface area contributed by atoms with E-state index in [4.69, 9.17) is 5.73 Å². The minimum absolute atomic E-state index is 0.106. The first kappa shape index (κ1) is 12.8. The first-order valence-corrected chi connectivity index (χ1v) is 6.51. The molecule has 0 bridgehead atoms. The molecule has 1 aliphatic heterocycles. The molecule has 0 aliphatic carbocycles. The van der Waals surface area contributed by atoms with Crippen LogP contribution in [0.1, 0.15) is 18.4 Å². The lowest BCUT2D eigenvalue weighted by atomic mass is 9.97. The fraction of sp³-hybridized carbons (Fsp3) is 0.400. The predicted octanol–water partition coefficient (Wildman–Crippen LogP) is 1.90. The summed E-state index contributed by atoms with van der Waals surface area (Å²) in [6, 6.07) is 9.89. The summed E-state index contributed by atoms with van der Waals surface area (Å²) >= 11 is 0. The number of carbonyl (C=O) groups is 1. The first-order chi connectivity index (χ1) is 8.79. The number of carbonyl (C=O) groups excluding carboxylic acids is 1. The Morgan fingerprint density at radius 3 is 2.56 bits per heavy atom. The average molecular weight is 244 g/mol. The maximum Gasteiger partial charge on any atom is 0.246 e. The molecule has 0 radical (unpaired) electrons. The van der Waals surface area contributed by atoms with E-state index in [1.54, 1.807) is 6.08 Å². The maximum absolute atomic E-state index is 12.0. The largest absolute Gasteiger partial charge is 0.339 e. The normalized spacial score (nSPS) is 17.3. The van der Waals surface area contributed by atoms with Gasteiger partial charge in [0.05, 0.1) is 0 Å². The molecule has 0 aromatic heterocycles. The average Bonchev–Trinajstić information content (AvgIpc) is 2.46. The third-order valence-electron chi connectivity index (χ3n) is 3.48. The Balaban J connectivity index is 1.87. The van der Waals surface area contributed by atoms with Crippen LogP contribution in [-0.2, 0) is 4.79 Å². The fourth-order valence-electron chi connectivity index (χ4n) is 2.23. The van der Waals surface area contributed by atoms with Gasteiger partial charge in [-0.2, -0.15) is 0 Å². The topological polar surface area (TPSA) is 46.3 Å². The predicted molar refractivity (Wildman–Crippen MR) is 73.8 cm³/mol. The van der Waals surface area contributed by atoms with Crippen molar-refractivity contribution in [1.82, 2.24) is 4.90 Å². The first-order valence-electron chi connectivity index (χ1n) is 6.51. The Morgan fingerprint density at radius 2 is 1.94 bits per heavy atom. The Bertz CT molecular complexity index is 406. The van der Waals surface area contributed by atoms with Crippen LogP contribution in [0.3, 0.4) is 0 Å². The van der Waals surface area contributed by atoms with Crippen LogP contribution in [0.5, 0.6) is 0 Å². The summed E-state index contributed by atoms with van der Waals surface area (Å²) in [5.74, 6) is 0.696. The van der Waals surface area contributed by atoms with E-state index in [-0.39, 0.29) is 5.91 Å². The van der Waals surface area contributed by atoms with Gasteiger partial charge in [-0.1, -0.05) is 30.3 Å². The molecule has 0 spiro atoms. The molecule has 96 valence electrons. The molecule has 1 heterocycles. The minimum atomic E-state index is 0.106. The number of rotatable bonds is 3. The van der Waals surface area contributed by atoms with Crippen LogP contribution < -0.4 is 5.73 Å². The smallest absolute Gasteiger partial charge is 0.246 e. The highest BCUT2D eigenvalue weighted by Crippen LogP contribution is 2.16. The Kier molecular flexibility index (Phi) is 4.53. The van der Waals surface area contributed by atoms with Crippen molar-refractivity contribution in [3.8, 4) is 0 Å². The maximum atomic E-state index is 12.0. The molecular weight excluding hydrogens is 224 g/mol. The van der Waals surface area contributed by atoms with Gasteiger partial charge in [-0.3, -0.25) is 4.79 Å². The summed E-state index contributed by atoms with van der Waals surface area (Å²) in [6.07, 6.45) is 5.60. The second-order valence-electron chi connectivity index (χ2n) is 4.75. The summed E-state index contributed by atoms with van der Waals surface area (Å²) in [7, 11) is 0. The van der Waals surface area contributed by atoms with Gasteiger partial charge >= 0.3 is 0 Å². The van der Waals surface area contributed by atoms with Crippen molar-refractivity contribution in [2.24, 2.45) is 11.7 Å². The highest BCUT2D eigenvalue weighted by Gasteiger charge is 2.20. The number of hydrogen-bond donors (Lipinski definition) is 1. The monoisotopic (exact) mass is 244 g/mol. The molecule has 1 fully saturated rings. The highest BCUT2D eigenvalue weighted by atomic mass is 16.2. The Labute approximate surface area is 108 Å². The molecule has 3 heteroatoms. The molecule has 2 rings (SSSR count). The zero-order valence-electron chi connectivity index (χ0n) is 10.6. The lowest BCUT2D eigenvalue weighted by molar-refractivity contribution is -0.127. The van der Waals surface area contributed by atoms with Crippen LogP contribution in [0.4, 0.5) is 0 Å². The molecule has 0 unspecified atom stereocenters. The standard InChI is InChI=1S/C15H20N2O/c16-12-14-8-10-17(11-9-14)15(18)7-6-13-4-2-1-3-5-13/h1-7,14H,8-12,16H2. The number of amides is 1. The molecule has 1 aromatic rings. The second-order valence-corrected chi connectivity index (χ2v) is 4.75. The molecule has 18 heavy (non-hydrogen) atoms. The summed E-state index contributed by atoms with van der Waals surface area (Å²) < 4.78 is 0. The molecule has 0 atom stereocenters. The number of benzene rings is 1. The van der Waals surface area contributed by atoms with Gasteiger partial charge in [0, 0.05) is 19.2 Å². The van der Waals surface area contributed by atoms with E-state index in [1.165, 1.54) is 0 Å². The van der Waals surface area contributed by atoms with Gasteiger partial charge in [0.1, 0.15) is 0 Å². The van der Waals surface area contributed by atoms with E-state index in [0.717, 1.165) is 38.0 Å². The van der Waals surface area contributed by atoms with E-state index in [0.29, 0.717) is 5.92 Å². The zero-order valence-corrected chi connectivity index (χ0v) is 10.6. The van der Waals surface area contributed by atoms with E-state index in [9.17, 15) is 4.79 Å². The van der Waals surface area contributed by atoms with Crippen molar-refractivity contribution in [1.29, 1.82) is 0 Å². The van der Waals surface area contributed by atoms with Crippen molar-refractivity contribution < 1.29 is 4.79 Å². The van der Waals surface area contributed by atoms with E-state index >= 15 is 0 Å². The SMILES string of the molecule is NCC1CCN(C(=O)C=Cc2ccccc2)CC1. The fourth-order valence-corrected chi connectivity index (χ4v) is 2.23. The van der Waals surface area contributed by atoms with E-state index < -0.39 is 0 Å². The van der Waals surface area contributed by atoms with E-state index in [1.807, 2.05) is 41.3 Å². The van der Waals surface area contributed by atoms with Crippen molar-refractivity contribution in [3.05, 3.63) is 42.0 Å². The van der Waals surface area contributed by atoms with Gasteiger partial charge in [0.25, 0.3) is 0 Å². The van der Waals surface area contributed by atoms with Gasteiger partial charge < -0.3 is 10.6 Å². The van der Waals surface area contributed by atoms with Crippen LogP contribution in [0.2, 0.25) is 0 Å². The Morgan fingerprint density at radius 1 is 1.28 bits per heavy atom. The third-order valence-corrected chi connectivity index (χ3v) is 3.48. The lowest BCUT2D eigenvalue weighted by Gasteiger charge is -2.30. The molecular formula is C15H20N2O. The Hall–Kier alpha value is -1.61. The number of nitrogens with two attached hydrogens (primary N) is 1. The summed E-state index contributed by atoms with van der Waals surface area (Å²) in [6.45, 7) is 2.40. The van der Waals surface area contributed by atoms with Gasteiger partial charge in [-0.15, -0.1) is 0 Å². The molecule has 1 saturated heterocycles. The number of nitrogens with zero attached hydrogens (tertiary/aromatic N) is 1. The summed E-state index contributed by atoms with van der Waals surface area (Å²) in [5.41, 5.74) is 6.70. The van der Waals surface area contributed by atoms with Crippen molar-refractivity contribution in [3.63, 3.8) is 0 Å². The van der Waals surface area contributed by atoms with Crippen LogP contribution in [0.15, 0.2) is 36.4 Å². The number of likely N-dealkylation sites (tertiary alicyclic amines) is 1. The van der Waals surface area contributed by atoms with Crippen LogP contribution in [0.25, 0.3) is 6.08 Å². The second kappa shape index (κ2) is 6.36. The summed E-state index contributed by atoms with van der Waals surface area (Å²) in [4.78, 5) is 13.9. The van der Waals surface area contributed by atoms with Gasteiger partial charge in [-0.25, -0.2) is 0 Å². The lowest BCUT2D eigenvalue weighted by Crippen LogP contribution is -2.39. The van der Waals surface area contributed by atoms with Crippen molar-refractivity contribution in [2.45, 2.75) is 12.8 Å². The highest BCUT2D eigenvalue weighted by molar-refractivity contribution is 5.91. The summed E-state index contributed by atoms with van der Waals surface area (Å²) in [5, 5.41) is 0.